The van der Waals surface area contributed by atoms with E-state index >= 15 is 0 Å². The van der Waals surface area contributed by atoms with Crippen LogP contribution in [0.4, 0.5) is 0 Å². The summed E-state index contributed by atoms with van der Waals surface area (Å²) in [4.78, 5) is 0. The van der Waals surface area contributed by atoms with Gasteiger partial charge in [0.25, 0.3) is 0 Å². The molecule has 0 spiro atoms. The maximum atomic E-state index is 9.86. The van der Waals surface area contributed by atoms with Crippen molar-refractivity contribution in [1.82, 2.24) is 0 Å². The second-order valence-electron chi connectivity index (χ2n) is 5.91. The van der Waals surface area contributed by atoms with Crippen LogP contribution in [0, 0.1) is 17.3 Å². The van der Waals surface area contributed by atoms with E-state index in [1.807, 2.05) is 0 Å². The number of rotatable bonds is 3. The highest BCUT2D eigenvalue weighted by Crippen LogP contribution is 2.57. The molecule has 2 saturated carbocycles. The van der Waals surface area contributed by atoms with Gasteiger partial charge in [0.05, 0.1) is 0 Å². The van der Waals surface area contributed by atoms with Gasteiger partial charge in [0, 0.05) is 16.5 Å². The Bertz CT molecular complexity index is 417. The fraction of sp³-hybridized carbons (Fsp3) is 0.600. The molecule has 2 aliphatic rings. The zero-order valence-corrected chi connectivity index (χ0v) is 11.6. The van der Waals surface area contributed by atoms with Crippen molar-refractivity contribution in [2.24, 2.45) is 17.3 Å². The predicted octanol–water partition coefficient (Wildman–Crippen LogP) is 3.79. The maximum absolute atomic E-state index is 9.86. The van der Waals surface area contributed by atoms with Crippen LogP contribution in [-0.2, 0) is 6.42 Å². The summed E-state index contributed by atoms with van der Waals surface area (Å²) in [5.41, 5.74) is 1.55. The molecule has 0 heterocycles. The van der Waals surface area contributed by atoms with Gasteiger partial charge in [-0.1, -0.05) is 34.5 Å². The van der Waals surface area contributed by atoms with E-state index in [1.54, 1.807) is 0 Å². The Morgan fingerprint density at radius 3 is 2.82 bits per heavy atom. The lowest BCUT2D eigenvalue weighted by Gasteiger charge is -2.36. The van der Waals surface area contributed by atoms with Crippen LogP contribution in [0.1, 0.15) is 31.2 Å². The van der Waals surface area contributed by atoms with Gasteiger partial charge in [-0.3, -0.25) is 0 Å². The summed E-state index contributed by atoms with van der Waals surface area (Å²) in [5, 5.41) is 9.86. The first kappa shape index (κ1) is 11.7. The number of hydrogen-bond donors (Lipinski definition) is 1. The molecule has 3 rings (SSSR count). The average Bonchev–Trinajstić information content (AvgIpc) is 2.89. The van der Waals surface area contributed by atoms with Crippen molar-refractivity contribution in [2.45, 2.75) is 32.1 Å². The summed E-state index contributed by atoms with van der Waals surface area (Å²) in [6, 6.07) is 8.55. The van der Waals surface area contributed by atoms with Crippen LogP contribution in [-0.4, -0.2) is 11.7 Å². The van der Waals surface area contributed by atoms with Gasteiger partial charge in [-0.15, -0.1) is 0 Å². The third-order valence-electron chi connectivity index (χ3n) is 4.86. The van der Waals surface area contributed by atoms with Gasteiger partial charge in [-0.2, -0.15) is 0 Å². The summed E-state index contributed by atoms with van der Waals surface area (Å²) >= 11 is 3.53. The molecule has 0 aliphatic heterocycles. The maximum Gasteiger partial charge on any atom is 0.0493 e. The molecule has 0 aromatic heterocycles. The molecular formula is C15H19BrO. The lowest BCUT2D eigenvalue weighted by atomic mass is 9.70. The molecule has 1 N–H and O–H groups in total. The van der Waals surface area contributed by atoms with E-state index in [9.17, 15) is 5.11 Å². The summed E-state index contributed by atoms with van der Waals surface area (Å²) in [6.45, 7) is 0.362. The van der Waals surface area contributed by atoms with Crippen molar-refractivity contribution >= 4 is 15.9 Å². The van der Waals surface area contributed by atoms with Crippen molar-refractivity contribution in [2.75, 3.05) is 6.61 Å². The zero-order valence-electron chi connectivity index (χ0n) is 10.0. The summed E-state index contributed by atoms with van der Waals surface area (Å²) in [5.74, 6) is 1.65. The molecule has 3 unspecified atom stereocenters. The Balaban J connectivity index is 1.83. The third-order valence-corrected chi connectivity index (χ3v) is 5.36. The van der Waals surface area contributed by atoms with E-state index in [1.165, 1.54) is 31.2 Å². The monoisotopic (exact) mass is 294 g/mol. The Labute approximate surface area is 111 Å². The van der Waals surface area contributed by atoms with Crippen LogP contribution in [0.25, 0.3) is 0 Å². The normalized spacial score (nSPS) is 35.4. The van der Waals surface area contributed by atoms with Crippen LogP contribution in [0.15, 0.2) is 28.7 Å². The molecule has 1 aromatic rings. The quantitative estimate of drug-likeness (QED) is 0.899. The molecular weight excluding hydrogens is 276 g/mol. The van der Waals surface area contributed by atoms with Gasteiger partial charge < -0.3 is 5.11 Å². The van der Waals surface area contributed by atoms with Gasteiger partial charge >= 0.3 is 0 Å². The first-order chi connectivity index (χ1) is 8.22. The van der Waals surface area contributed by atoms with E-state index in [0.29, 0.717) is 6.61 Å². The fourth-order valence-electron chi connectivity index (χ4n) is 4.08. The number of aliphatic hydroxyl groups excluding tert-OH is 1. The van der Waals surface area contributed by atoms with Crippen LogP contribution in [0.3, 0.4) is 0 Å². The van der Waals surface area contributed by atoms with Gasteiger partial charge in [0.15, 0.2) is 0 Å². The van der Waals surface area contributed by atoms with Crippen LogP contribution in [0.5, 0.6) is 0 Å². The predicted molar refractivity (Wildman–Crippen MR) is 72.8 cm³/mol. The van der Waals surface area contributed by atoms with Crippen LogP contribution < -0.4 is 0 Å². The lowest BCUT2D eigenvalue weighted by Crippen LogP contribution is -2.34. The topological polar surface area (TPSA) is 20.2 Å². The minimum absolute atomic E-state index is 0.184. The molecule has 2 heteroatoms. The minimum Gasteiger partial charge on any atom is -0.396 e. The number of fused-ring (bicyclic) bond motifs is 2. The molecule has 3 atom stereocenters. The van der Waals surface area contributed by atoms with E-state index < -0.39 is 0 Å². The smallest absolute Gasteiger partial charge is 0.0493 e. The Morgan fingerprint density at radius 2 is 2.24 bits per heavy atom. The third kappa shape index (κ3) is 2.06. The van der Waals surface area contributed by atoms with E-state index in [4.69, 9.17) is 0 Å². The number of benzene rings is 1. The standard InChI is InChI=1S/C15H19BrO/c16-14-3-1-2-11(7-14)8-15(10-17)9-12-4-5-13(15)6-12/h1-3,7,12-13,17H,4-6,8-10H2. The van der Waals surface area contributed by atoms with E-state index in [-0.39, 0.29) is 5.41 Å². The molecule has 0 saturated heterocycles. The SMILES string of the molecule is OCC1(Cc2cccc(Br)c2)CC2CCC1C2. The summed E-state index contributed by atoms with van der Waals surface area (Å²) < 4.78 is 1.14. The Morgan fingerprint density at radius 1 is 1.35 bits per heavy atom. The molecule has 0 radical (unpaired) electrons. The first-order valence-electron chi connectivity index (χ1n) is 6.57. The van der Waals surface area contributed by atoms with Gasteiger partial charge in [0.1, 0.15) is 0 Å². The lowest BCUT2D eigenvalue weighted by molar-refractivity contribution is 0.0651. The molecule has 0 amide bonds. The fourth-order valence-corrected chi connectivity index (χ4v) is 4.52. The Hall–Kier alpha value is -0.340. The molecule has 17 heavy (non-hydrogen) atoms. The van der Waals surface area contributed by atoms with Crippen LogP contribution >= 0.6 is 15.9 Å². The first-order valence-corrected chi connectivity index (χ1v) is 7.36. The van der Waals surface area contributed by atoms with Crippen LogP contribution in [0.2, 0.25) is 0 Å². The van der Waals surface area contributed by atoms with Gasteiger partial charge in [-0.25, -0.2) is 0 Å². The highest BCUT2D eigenvalue weighted by atomic mass is 79.9. The van der Waals surface area contributed by atoms with E-state index in [0.717, 1.165) is 22.7 Å². The van der Waals surface area contributed by atoms with E-state index in [2.05, 4.69) is 40.2 Å². The van der Waals surface area contributed by atoms with Crippen molar-refractivity contribution < 1.29 is 5.11 Å². The average molecular weight is 295 g/mol. The van der Waals surface area contributed by atoms with Crippen molar-refractivity contribution in [3.63, 3.8) is 0 Å². The number of hydrogen-bond acceptors (Lipinski definition) is 1. The summed E-state index contributed by atoms with van der Waals surface area (Å²) in [7, 11) is 0. The number of aliphatic hydroxyl groups is 1. The molecule has 2 aliphatic carbocycles. The highest BCUT2D eigenvalue weighted by Gasteiger charge is 2.50. The molecule has 2 bridgehead atoms. The summed E-state index contributed by atoms with van der Waals surface area (Å²) in [6.07, 6.45) is 6.36. The minimum atomic E-state index is 0.184. The molecule has 1 aromatic carbocycles. The molecule has 1 nitrogen and oxygen atoms in total. The second-order valence-corrected chi connectivity index (χ2v) is 6.82. The second kappa shape index (κ2) is 4.40. The van der Waals surface area contributed by atoms with Crippen molar-refractivity contribution in [3.8, 4) is 0 Å². The Kier molecular flexibility index (Phi) is 3.04. The van der Waals surface area contributed by atoms with Gasteiger partial charge in [0.2, 0.25) is 0 Å². The molecule has 2 fully saturated rings. The number of halogens is 1. The zero-order chi connectivity index (χ0) is 11.9. The van der Waals surface area contributed by atoms with Gasteiger partial charge in [-0.05, 0) is 55.2 Å². The highest BCUT2D eigenvalue weighted by molar-refractivity contribution is 9.10. The molecule has 92 valence electrons. The largest absolute Gasteiger partial charge is 0.396 e. The van der Waals surface area contributed by atoms with Crippen molar-refractivity contribution in [1.29, 1.82) is 0 Å². The van der Waals surface area contributed by atoms with Crippen molar-refractivity contribution in [3.05, 3.63) is 34.3 Å².